The van der Waals surface area contributed by atoms with Gasteiger partial charge in [-0.15, -0.1) is 0 Å². The number of rotatable bonds is 5. The second-order valence-electron chi connectivity index (χ2n) is 4.45. The summed E-state index contributed by atoms with van der Waals surface area (Å²) in [6.07, 6.45) is 0. The number of halogens is 2. The van der Waals surface area contributed by atoms with Gasteiger partial charge in [0.15, 0.2) is 6.61 Å². The standard InChI is InChI=1S/C16H13Cl2NO4/c1-22-14-7-6-10(17)8-13(14)19-15(20)9-23-16(21)11-4-2-3-5-12(11)18/h2-8H,9H2,1H3,(H,19,20). The molecule has 2 rings (SSSR count). The second-order valence-corrected chi connectivity index (χ2v) is 5.29. The van der Waals surface area contributed by atoms with Crippen LogP contribution in [0.4, 0.5) is 5.69 Å². The molecule has 0 aliphatic rings. The first-order valence-corrected chi connectivity index (χ1v) is 7.32. The molecule has 120 valence electrons. The number of hydrogen-bond donors (Lipinski definition) is 1. The topological polar surface area (TPSA) is 64.6 Å². The summed E-state index contributed by atoms with van der Waals surface area (Å²) < 4.78 is 10.1. The van der Waals surface area contributed by atoms with E-state index in [9.17, 15) is 9.59 Å². The summed E-state index contributed by atoms with van der Waals surface area (Å²) >= 11 is 11.8. The normalized spacial score (nSPS) is 10.0. The van der Waals surface area contributed by atoms with Crippen molar-refractivity contribution in [1.82, 2.24) is 0 Å². The zero-order chi connectivity index (χ0) is 16.8. The molecule has 0 unspecified atom stereocenters. The van der Waals surface area contributed by atoms with E-state index in [-0.39, 0.29) is 10.6 Å². The number of carbonyl (C=O) groups excluding carboxylic acids is 2. The Morgan fingerprint density at radius 2 is 1.87 bits per heavy atom. The van der Waals surface area contributed by atoms with Crippen LogP contribution in [0.1, 0.15) is 10.4 Å². The third-order valence-corrected chi connectivity index (χ3v) is 3.43. The summed E-state index contributed by atoms with van der Waals surface area (Å²) in [5.74, 6) is -0.755. The monoisotopic (exact) mass is 353 g/mol. The van der Waals surface area contributed by atoms with Crippen molar-refractivity contribution in [3.8, 4) is 5.75 Å². The van der Waals surface area contributed by atoms with Crippen LogP contribution in [0.3, 0.4) is 0 Å². The molecule has 2 aromatic carbocycles. The zero-order valence-corrected chi connectivity index (χ0v) is 13.6. The average molecular weight is 354 g/mol. The summed E-state index contributed by atoms with van der Waals surface area (Å²) in [5, 5.41) is 3.26. The molecule has 23 heavy (non-hydrogen) atoms. The molecule has 0 saturated carbocycles. The van der Waals surface area contributed by atoms with Crippen LogP contribution in [0.2, 0.25) is 10.0 Å². The third kappa shape index (κ3) is 4.61. The number of esters is 1. The summed E-state index contributed by atoms with van der Waals surface area (Å²) in [7, 11) is 1.47. The van der Waals surface area contributed by atoms with Gasteiger partial charge in [0.05, 0.1) is 23.4 Å². The Kier molecular flexibility index (Phi) is 5.84. The molecule has 2 aromatic rings. The van der Waals surface area contributed by atoms with Gasteiger partial charge in [0.1, 0.15) is 5.75 Å². The molecule has 0 spiro atoms. The van der Waals surface area contributed by atoms with Gasteiger partial charge in [-0.1, -0.05) is 35.3 Å². The van der Waals surface area contributed by atoms with Crippen molar-refractivity contribution < 1.29 is 19.1 Å². The van der Waals surface area contributed by atoms with Gasteiger partial charge in [0, 0.05) is 5.02 Å². The first-order chi connectivity index (χ1) is 11.0. The van der Waals surface area contributed by atoms with E-state index < -0.39 is 18.5 Å². The van der Waals surface area contributed by atoms with Crippen LogP contribution in [-0.4, -0.2) is 25.6 Å². The predicted octanol–water partition coefficient (Wildman–Crippen LogP) is 3.80. The minimum Gasteiger partial charge on any atom is -0.495 e. The largest absolute Gasteiger partial charge is 0.495 e. The van der Waals surface area contributed by atoms with Crippen LogP contribution in [0.25, 0.3) is 0 Å². The summed E-state index contributed by atoms with van der Waals surface area (Å²) in [5.41, 5.74) is 0.584. The number of amides is 1. The Labute approximate surface area is 143 Å². The highest BCUT2D eigenvalue weighted by atomic mass is 35.5. The van der Waals surface area contributed by atoms with E-state index in [0.29, 0.717) is 16.5 Å². The third-order valence-electron chi connectivity index (χ3n) is 2.86. The summed E-state index contributed by atoms with van der Waals surface area (Å²) in [6.45, 7) is -0.459. The van der Waals surface area contributed by atoms with Crippen LogP contribution < -0.4 is 10.1 Å². The number of anilines is 1. The fourth-order valence-corrected chi connectivity index (χ4v) is 2.18. The molecule has 1 amide bonds. The maximum absolute atomic E-state index is 11.9. The summed E-state index contributed by atoms with van der Waals surface area (Å²) in [6, 6.07) is 11.2. The number of nitrogens with one attached hydrogen (secondary N) is 1. The van der Waals surface area contributed by atoms with Gasteiger partial charge in [-0.05, 0) is 30.3 Å². The molecule has 0 aliphatic carbocycles. The lowest BCUT2D eigenvalue weighted by Gasteiger charge is -2.11. The van der Waals surface area contributed by atoms with Crippen molar-refractivity contribution in [1.29, 1.82) is 0 Å². The van der Waals surface area contributed by atoms with Gasteiger partial charge in [-0.2, -0.15) is 0 Å². The fraction of sp³-hybridized carbons (Fsp3) is 0.125. The van der Waals surface area contributed by atoms with Gasteiger partial charge in [-0.25, -0.2) is 4.79 Å². The number of carbonyl (C=O) groups is 2. The van der Waals surface area contributed by atoms with E-state index in [0.717, 1.165) is 0 Å². The maximum atomic E-state index is 11.9. The Balaban J connectivity index is 1.97. The lowest BCUT2D eigenvalue weighted by molar-refractivity contribution is -0.119. The zero-order valence-electron chi connectivity index (χ0n) is 12.1. The van der Waals surface area contributed by atoms with Gasteiger partial charge >= 0.3 is 5.97 Å². The van der Waals surface area contributed by atoms with Gasteiger partial charge in [0.2, 0.25) is 0 Å². The smallest absolute Gasteiger partial charge is 0.340 e. The number of ether oxygens (including phenoxy) is 2. The number of benzene rings is 2. The Bertz CT molecular complexity index is 734. The average Bonchev–Trinajstić information content (AvgIpc) is 2.53. The quantitative estimate of drug-likeness (QED) is 0.830. The molecule has 5 nitrogen and oxygen atoms in total. The summed E-state index contributed by atoms with van der Waals surface area (Å²) in [4.78, 5) is 23.8. The van der Waals surface area contributed by atoms with Gasteiger partial charge in [0.25, 0.3) is 5.91 Å². The van der Waals surface area contributed by atoms with Crippen molar-refractivity contribution in [3.63, 3.8) is 0 Å². The molecular formula is C16H13Cl2NO4. The highest BCUT2D eigenvalue weighted by Gasteiger charge is 2.14. The SMILES string of the molecule is COc1ccc(Cl)cc1NC(=O)COC(=O)c1ccccc1Cl. The van der Waals surface area contributed by atoms with Crippen LogP contribution in [0.5, 0.6) is 5.75 Å². The molecule has 1 N–H and O–H groups in total. The van der Waals surface area contributed by atoms with Crippen LogP contribution >= 0.6 is 23.2 Å². The highest BCUT2D eigenvalue weighted by molar-refractivity contribution is 6.33. The first kappa shape index (κ1) is 17.1. The van der Waals surface area contributed by atoms with E-state index in [1.807, 2.05) is 0 Å². The molecule has 0 radical (unpaired) electrons. The lowest BCUT2D eigenvalue weighted by Crippen LogP contribution is -2.21. The second kappa shape index (κ2) is 7.85. The Morgan fingerprint density at radius 3 is 2.57 bits per heavy atom. The van der Waals surface area contributed by atoms with Crippen LogP contribution in [0.15, 0.2) is 42.5 Å². The van der Waals surface area contributed by atoms with Crippen molar-refractivity contribution in [2.24, 2.45) is 0 Å². The molecule has 0 fully saturated rings. The van der Waals surface area contributed by atoms with E-state index in [1.165, 1.54) is 19.2 Å². The van der Waals surface area contributed by atoms with Gasteiger partial charge in [-0.3, -0.25) is 4.79 Å². The van der Waals surface area contributed by atoms with E-state index in [4.69, 9.17) is 32.7 Å². The van der Waals surface area contributed by atoms with Crippen molar-refractivity contribution in [2.75, 3.05) is 19.0 Å². The molecule has 0 heterocycles. The lowest BCUT2D eigenvalue weighted by atomic mass is 10.2. The van der Waals surface area contributed by atoms with Crippen LogP contribution in [-0.2, 0) is 9.53 Å². The minimum absolute atomic E-state index is 0.197. The molecule has 7 heteroatoms. The maximum Gasteiger partial charge on any atom is 0.340 e. The van der Waals surface area contributed by atoms with Gasteiger partial charge < -0.3 is 14.8 Å². The molecular weight excluding hydrogens is 341 g/mol. The van der Waals surface area contributed by atoms with Crippen molar-refractivity contribution in [3.05, 3.63) is 58.1 Å². The minimum atomic E-state index is -0.677. The fourth-order valence-electron chi connectivity index (χ4n) is 1.80. The molecule has 0 aliphatic heterocycles. The highest BCUT2D eigenvalue weighted by Crippen LogP contribution is 2.27. The van der Waals surface area contributed by atoms with E-state index in [2.05, 4.69) is 5.32 Å². The van der Waals surface area contributed by atoms with E-state index in [1.54, 1.807) is 30.3 Å². The first-order valence-electron chi connectivity index (χ1n) is 6.56. The number of hydrogen-bond acceptors (Lipinski definition) is 4. The molecule has 0 aromatic heterocycles. The molecule has 0 atom stereocenters. The van der Waals surface area contributed by atoms with E-state index >= 15 is 0 Å². The predicted molar refractivity (Wildman–Crippen MR) is 88.4 cm³/mol. The molecule has 0 saturated heterocycles. The Morgan fingerprint density at radius 1 is 1.13 bits per heavy atom. The van der Waals surface area contributed by atoms with Crippen LogP contribution in [0, 0.1) is 0 Å². The van der Waals surface area contributed by atoms with Crippen molar-refractivity contribution >= 4 is 40.8 Å². The number of methoxy groups -OCH3 is 1. The van der Waals surface area contributed by atoms with Crippen molar-refractivity contribution in [2.45, 2.75) is 0 Å². The Hall–Kier alpha value is -2.24. The molecule has 0 bridgehead atoms.